The third kappa shape index (κ3) is 5.04. The summed E-state index contributed by atoms with van der Waals surface area (Å²) in [6, 6.07) is 57.4. The summed E-state index contributed by atoms with van der Waals surface area (Å²) in [6.07, 6.45) is 0.872. The van der Waals surface area contributed by atoms with Gasteiger partial charge in [0.05, 0.1) is 11.0 Å². The van der Waals surface area contributed by atoms with Gasteiger partial charge in [-0.15, -0.1) is 0 Å². The predicted molar refractivity (Wildman–Crippen MR) is 210 cm³/mol. The normalized spacial score (nSPS) is 11.6. The number of aryl methyl sites for hydroxylation is 3. The fourth-order valence-electron chi connectivity index (χ4n) is 7.84. The third-order valence-corrected chi connectivity index (χ3v) is 10.3. The van der Waals surface area contributed by atoms with Crippen LogP contribution >= 0.6 is 0 Å². The Morgan fingerprint density at radius 3 is 2.06 bits per heavy atom. The van der Waals surface area contributed by atoms with Crippen molar-refractivity contribution in [1.29, 1.82) is 0 Å². The number of benzene rings is 7. The number of fused-ring (bicyclic) bond motifs is 4. The maximum absolute atomic E-state index is 6.17. The zero-order valence-electron chi connectivity index (χ0n) is 28.6. The lowest BCUT2D eigenvalue weighted by molar-refractivity contribution is 0.580. The minimum atomic E-state index is 0.872. The second kappa shape index (κ2) is 12.1. The van der Waals surface area contributed by atoms with Crippen LogP contribution < -0.4 is 0 Å². The van der Waals surface area contributed by atoms with E-state index in [1.807, 2.05) is 12.1 Å². The molecule has 0 aliphatic carbocycles. The van der Waals surface area contributed by atoms with Crippen LogP contribution in [-0.4, -0.2) is 4.57 Å². The quantitative estimate of drug-likeness (QED) is 0.176. The van der Waals surface area contributed by atoms with Crippen LogP contribution in [0.5, 0.6) is 0 Å². The van der Waals surface area contributed by atoms with Crippen molar-refractivity contribution in [3.63, 3.8) is 0 Å². The van der Waals surface area contributed by atoms with Crippen LogP contribution in [0.25, 0.3) is 71.8 Å². The van der Waals surface area contributed by atoms with Gasteiger partial charge in [-0.25, -0.2) is 0 Å². The van der Waals surface area contributed by atoms with Gasteiger partial charge in [-0.1, -0.05) is 115 Å². The van der Waals surface area contributed by atoms with Crippen molar-refractivity contribution in [3.05, 3.63) is 186 Å². The van der Waals surface area contributed by atoms with E-state index in [4.69, 9.17) is 4.42 Å². The van der Waals surface area contributed by atoms with E-state index < -0.39 is 0 Å². The molecule has 0 bridgehead atoms. The first-order valence-electron chi connectivity index (χ1n) is 17.4. The largest absolute Gasteiger partial charge is 0.461 e. The summed E-state index contributed by atoms with van der Waals surface area (Å²) in [6.45, 7) is 6.45. The van der Waals surface area contributed by atoms with Gasteiger partial charge in [0.15, 0.2) is 0 Å². The van der Waals surface area contributed by atoms with Gasteiger partial charge in [-0.05, 0) is 120 Å². The Balaban J connectivity index is 1.13. The van der Waals surface area contributed by atoms with E-state index in [-0.39, 0.29) is 0 Å². The van der Waals surface area contributed by atoms with Crippen molar-refractivity contribution in [3.8, 4) is 39.1 Å². The molecule has 9 aromatic rings. The van der Waals surface area contributed by atoms with Gasteiger partial charge in [0, 0.05) is 27.4 Å². The van der Waals surface area contributed by atoms with Gasteiger partial charge in [0.25, 0.3) is 0 Å². The van der Waals surface area contributed by atoms with Gasteiger partial charge < -0.3 is 8.98 Å². The van der Waals surface area contributed by atoms with Crippen LogP contribution in [0.2, 0.25) is 0 Å². The molecular weight excluding hydrogens is 607 g/mol. The lowest BCUT2D eigenvalue weighted by atomic mass is 9.92. The summed E-state index contributed by atoms with van der Waals surface area (Å²) >= 11 is 0. The molecule has 2 aromatic heterocycles. The molecule has 0 N–H and O–H groups in total. The minimum Gasteiger partial charge on any atom is -0.461 e. The standard InChI is InChI=1S/C48H37NO/c1-31-13-4-6-17-39(31)40-18-7-5-14-37(40)27-34-24-26-46-44(28-34)41-19-8-10-21-45(41)49(46)38-16-12-15-35(29-38)36-25-23-32(2)43(30-36)48-33(3)50-47-22-11-9-20-42(47)48/h4-26,28-30H,27H2,1-3H3. The number of para-hydroxylation sites is 2. The lowest BCUT2D eigenvalue weighted by Gasteiger charge is -2.13. The highest BCUT2D eigenvalue weighted by Crippen LogP contribution is 2.39. The Hall–Kier alpha value is -6.12. The second-order valence-electron chi connectivity index (χ2n) is 13.5. The average Bonchev–Trinajstić information content (AvgIpc) is 3.66. The topological polar surface area (TPSA) is 18.1 Å². The highest BCUT2D eigenvalue weighted by molar-refractivity contribution is 6.09. The SMILES string of the molecule is Cc1ccccc1-c1ccccc1Cc1ccc2c(c1)c1ccccc1n2-c1cccc(-c2ccc(C)c(-c3c(C)oc4ccccc34)c2)c1. The zero-order valence-corrected chi connectivity index (χ0v) is 28.6. The summed E-state index contributed by atoms with van der Waals surface area (Å²) < 4.78 is 8.59. The van der Waals surface area contributed by atoms with Crippen LogP contribution in [0.15, 0.2) is 162 Å². The van der Waals surface area contributed by atoms with Crippen molar-refractivity contribution in [1.82, 2.24) is 4.57 Å². The predicted octanol–water partition coefficient (Wildman–Crippen LogP) is 13.0. The molecule has 50 heavy (non-hydrogen) atoms. The van der Waals surface area contributed by atoms with Crippen LogP contribution in [0.4, 0.5) is 0 Å². The molecule has 0 amide bonds. The fourth-order valence-corrected chi connectivity index (χ4v) is 7.84. The molecule has 0 fully saturated rings. The molecule has 0 aliphatic heterocycles. The van der Waals surface area contributed by atoms with Crippen LogP contribution in [0.1, 0.15) is 28.0 Å². The van der Waals surface area contributed by atoms with Crippen molar-refractivity contribution in [2.24, 2.45) is 0 Å². The van der Waals surface area contributed by atoms with E-state index >= 15 is 0 Å². The van der Waals surface area contributed by atoms with Crippen LogP contribution in [0.3, 0.4) is 0 Å². The van der Waals surface area contributed by atoms with Gasteiger partial charge in [-0.2, -0.15) is 0 Å². The second-order valence-corrected chi connectivity index (χ2v) is 13.5. The number of hydrogen-bond acceptors (Lipinski definition) is 1. The molecule has 2 nitrogen and oxygen atoms in total. The molecule has 2 heteroatoms. The van der Waals surface area contributed by atoms with Crippen LogP contribution in [0, 0.1) is 20.8 Å². The fraction of sp³-hybridized carbons (Fsp3) is 0.0833. The van der Waals surface area contributed by atoms with E-state index in [0.717, 1.165) is 28.8 Å². The van der Waals surface area contributed by atoms with Gasteiger partial charge in [0.2, 0.25) is 0 Å². The zero-order chi connectivity index (χ0) is 33.8. The Labute approximate surface area is 292 Å². The van der Waals surface area contributed by atoms with E-state index in [1.54, 1.807) is 0 Å². The number of nitrogens with zero attached hydrogens (tertiary/aromatic N) is 1. The summed E-state index contributed by atoms with van der Waals surface area (Å²) in [4.78, 5) is 0. The van der Waals surface area contributed by atoms with Crippen molar-refractivity contribution < 1.29 is 4.42 Å². The molecular formula is C48H37NO. The van der Waals surface area contributed by atoms with E-state index in [2.05, 4.69) is 171 Å². The van der Waals surface area contributed by atoms with Crippen molar-refractivity contribution >= 4 is 32.8 Å². The molecule has 9 rings (SSSR count). The van der Waals surface area contributed by atoms with Crippen molar-refractivity contribution in [2.75, 3.05) is 0 Å². The summed E-state index contributed by atoms with van der Waals surface area (Å²) in [5, 5.41) is 3.70. The molecule has 0 radical (unpaired) electrons. The van der Waals surface area contributed by atoms with Gasteiger partial charge >= 0.3 is 0 Å². The molecule has 0 spiro atoms. The number of hydrogen-bond donors (Lipinski definition) is 0. The molecule has 240 valence electrons. The van der Waals surface area contributed by atoms with Gasteiger partial charge in [0.1, 0.15) is 11.3 Å². The average molecular weight is 644 g/mol. The first-order valence-corrected chi connectivity index (χ1v) is 17.4. The molecule has 0 atom stereocenters. The molecule has 0 saturated heterocycles. The highest BCUT2D eigenvalue weighted by Gasteiger charge is 2.17. The maximum Gasteiger partial charge on any atom is 0.134 e. The maximum atomic E-state index is 6.17. The smallest absolute Gasteiger partial charge is 0.134 e. The number of aromatic nitrogens is 1. The molecule has 7 aromatic carbocycles. The Morgan fingerprint density at radius 1 is 0.480 bits per heavy atom. The Kier molecular flexibility index (Phi) is 7.25. The summed E-state index contributed by atoms with van der Waals surface area (Å²) in [7, 11) is 0. The number of rotatable bonds is 6. The van der Waals surface area contributed by atoms with Crippen LogP contribution in [-0.2, 0) is 6.42 Å². The third-order valence-electron chi connectivity index (χ3n) is 10.3. The summed E-state index contributed by atoms with van der Waals surface area (Å²) in [5.74, 6) is 0.948. The first-order chi connectivity index (χ1) is 24.5. The molecule has 0 aliphatic rings. The Morgan fingerprint density at radius 2 is 1.18 bits per heavy atom. The lowest BCUT2D eigenvalue weighted by Crippen LogP contribution is -1.96. The molecule has 2 heterocycles. The highest BCUT2D eigenvalue weighted by atomic mass is 16.3. The first kappa shape index (κ1) is 30.0. The van der Waals surface area contributed by atoms with E-state index in [9.17, 15) is 0 Å². The summed E-state index contributed by atoms with van der Waals surface area (Å²) in [5.41, 5.74) is 17.1. The molecule has 0 unspecified atom stereocenters. The van der Waals surface area contributed by atoms with E-state index in [0.29, 0.717) is 0 Å². The number of furan rings is 1. The Bertz CT molecular complexity index is 2720. The molecule has 0 saturated carbocycles. The minimum absolute atomic E-state index is 0.872. The van der Waals surface area contributed by atoms with Gasteiger partial charge in [-0.3, -0.25) is 0 Å². The van der Waals surface area contributed by atoms with Crippen molar-refractivity contribution in [2.45, 2.75) is 27.2 Å². The van der Waals surface area contributed by atoms with E-state index in [1.165, 1.54) is 77.4 Å². The monoisotopic (exact) mass is 643 g/mol.